The van der Waals surface area contributed by atoms with E-state index >= 15 is 0 Å². The minimum Gasteiger partial charge on any atom is -0.302 e. The van der Waals surface area contributed by atoms with Gasteiger partial charge in [-0.3, -0.25) is 4.79 Å². The maximum absolute atomic E-state index is 9.99. The van der Waals surface area contributed by atoms with E-state index in [1.807, 2.05) is 0 Å². The minimum absolute atomic E-state index is 0.0606. The second-order valence-electron chi connectivity index (χ2n) is 1.21. The Labute approximate surface area is 60.3 Å². The number of aldehydes is 1. The van der Waals surface area contributed by atoms with Crippen molar-refractivity contribution in [2.75, 3.05) is 0 Å². The Balaban J connectivity index is 3.38. The summed E-state index contributed by atoms with van der Waals surface area (Å²) in [6.45, 7) is 0. The summed E-state index contributed by atoms with van der Waals surface area (Å²) < 4.78 is 0. The van der Waals surface area contributed by atoms with Crippen molar-refractivity contribution in [1.82, 2.24) is 0 Å². The predicted molar refractivity (Wildman–Crippen MR) is 34.3 cm³/mol. The van der Waals surface area contributed by atoms with Crippen molar-refractivity contribution in [2.45, 2.75) is 11.2 Å². The number of hydrogen-bond acceptors (Lipinski definition) is 2. The molecule has 0 amide bonds. The number of alkyl halides is 1. The lowest BCUT2D eigenvalue weighted by Crippen LogP contribution is -2.02. The lowest BCUT2D eigenvalue weighted by molar-refractivity contribution is -0.114. The van der Waals surface area contributed by atoms with Crippen LogP contribution in [0.25, 0.3) is 0 Å². The molecule has 0 aromatic carbocycles. The molecule has 0 saturated heterocycles. The summed E-state index contributed by atoms with van der Waals surface area (Å²) >= 11 is 7.83. The van der Waals surface area contributed by atoms with Crippen LogP contribution in [0.5, 0.6) is 0 Å². The summed E-state index contributed by atoms with van der Waals surface area (Å²) in [5.74, 6) is 0. The third-order valence-corrected chi connectivity index (χ3v) is 1.20. The molecule has 0 aliphatic carbocycles. The molecular formula is C4H4BrClO2. The first kappa shape index (κ1) is 8.11. The van der Waals surface area contributed by atoms with Gasteiger partial charge < -0.3 is 4.79 Å². The summed E-state index contributed by atoms with van der Waals surface area (Å²) in [7, 11) is 0. The highest BCUT2D eigenvalue weighted by molar-refractivity contribution is 9.10. The fourth-order valence-electron chi connectivity index (χ4n) is 0.201. The van der Waals surface area contributed by atoms with Crippen LogP contribution in [0, 0.1) is 0 Å². The van der Waals surface area contributed by atoms with E-state index in [9.17, 15) is 9.59 Å². The lowest BCUT2D eigenvalue weighted by atomic mass is 10.4. The number of carbonyl (C=O) groups is 2. The summed E-state index contributed by atoms with van der Waals surface area (Å²) in [4.78, 5) is 19.3. The molecule has 0 rings (SSSR count). The van der Waals surface area contributed by atoms with E-state index in [-0.39, 0.29) is 6.42 Å². The van der Waals surface area contributed by atoms with Crippen molar-refractivity contribution < 1.29 is 9.59 Å². The molecule has 8 heavy (non-hydrogen) atoms. The van der Waals surface area contributed by atoms with Gasteiger partial charge in [0.1, 0.15) is 6.29 Å². The maximum atomic E-state index is 9.99. The van der Waals surface area contributed by atoms with Gasteiger partial charge in [-0.1, -0.05) is 15.9 Å². The van der Waals surface area contributed by atoms with Gasteiger partial charge in [0.15, 0.2) is 0 Å². The van der Waals surface area contributed by atoms with Crippen LogP contribution < -0.4 is 0 Å². The van der Waals surface area contributed by atoms with Gasteiger partial charge in [-0.2, -0.15) is 0 Å². The standard InChI is InChI=1S/C4H4BrClO2/c5-3(2-7)1-4(6)8/h2-3H,1H2. The highest BCUT2D eigenvalue weighted by Gasteiger charge is 2.04. The van der Waals surface area contributed by atoms with Crippen molar-refractivity contribution in [3.05, 3.63) is 0 Å². The van der Waals surface area contributed by atoms with Crippen molar-refractivity contribution >= 4 is 39.1 Å². The van der Waals surface area contributed by atoms with E-state index < -0.39 is 10.1 Å². The molecule has 0 spiro atoms. The zero-order chi connectivity index (χ0) is 6.57. The molecule has 46 valence electrons. The molecule has 0 aliphatic rings. The average Bonchev–Trinajstić information content (AvgIpc) is 1.65. The number of hydrogen-bond donors (Lipinski definition) is 0. The fourth-order valence-corrected chi connectivity index (χ4v) is 0.848. The molecule has 1 unspecified atom stereocenters. The molecule has 0 bridgehead atoms. The van der Waals surface area contributed by atoms with Gasteiger partial charge in [0.05, 0.1) is 4.83 Å². The van der Waals surface area contributed by atoms with E-state index in [0.29, 0.717) is 6.29 Å². The van der Waals surface area contributed by atoms with Gasteiger partial charge in [0.25, 0.3) is 0 Å². The van der Waals surface area contributed by atoms with Crippen LogP contribution in [-0.4, -0.2) is 16.4 Å². The van der Waals surface area contributed by atoms with E-state index in [2.05, 4.69) is 15.9 Å². The zero-order valence-electron chi connectivity index (χ0n) is 3.93. The smallest absolute Gasteiger partial charge is 0.223 e. The fraction of sp³-hybridized carbons (Fsp3) is 0.500. The molecule has 0 N–H and O–H groups in total. The molecule has 0 aliphatic heterocycles. The Morgan fingerprint density at radius 3 is 2.50 bits per heavy atom. The SMILES string of the molecule is O=CC(Br)CC(=O)Cl. The monoisotopic (exact) mass is 198 g/mol. The molecular weight excluding hydrogens is 195 g/mol. The van der Waals surface area contributed by atoms with Gasteiger partial charge in [0.2, 0.25) is 5.24 Å². The van der Waals surface area contributed by atoms with Crippen LogP contribution in [-0.2, 0) is 9.59 Å². The molecule has 1 atom stereocenters. The quantitative estimate of drug-likeness (QED) is 0.388. The largest absolute Gasteiger partial charge is 0.302 e. The third kappa shape index (κ3) is 4.27. The second kappa shape index (κ2) is 4.04. The van der Waals surface area contributed by atoms with Crippen LogP contribution in [0.4, 0.5) is 0 Å². The maximum Gasteiger partial charge on any atom is 0.223 e. The van der Waals surface area contributed by atoms with Gasteiger partial charge in [-0.25, -0.2) is 0 Å². The van der Waals surface area contributed by atoms with Gasteiger partial charge in [0, 0.05) is 6.42 Å². The summed E-state index contributed by atoms with van der Waals surface area (Å²) in [6, 6.07) is 0. The highest BCUT2D eigenvalue weighted by atomic mass is 79.9. The molecule has 0 fully saturated rings. The average molecular weight is 199 g/mol. The number of rotatable bonds is 3. The third-order valence-electron chi connectivity index (χ3n) is 0.503. The van der Waals surface area contributed by atoms with Crippen LogP contribution >= 0.6 is 27.5 Å². The van der Waals surface area contributed by atoms with Crippen molar-refractivity contribution in [3.63, 3.8) is 0 Å². The Kier molecular flexibility index (Phi) is 4.09. The van der Waals surface area contributed by atoms with E-state index in [1.54, 1.807) is 0 Å². The van der Waals surface area contributed by atoms with Crippen molar-refractivity contribution in [2.24, 2.45) is 0 Å². The van der Waals surface area contributed by atoms with Gasteiger partial charge in [-0.05, 0) is 11.6 Å². The molecule has 0 aromatic heterocycles. The molecule has 0 heterocycles. The number of halogens is 2. The van der Waals surface area contributed by atoms with E-state index in [1.165, 1.54) is 0 Å². The summed E-state index contributed by atoms with van der Waals surface area (Å²) in [5.41, 5.74) is 0. The highest BCUT2D eigenvalue weighted by Crippen LogP contribution is 2.03. The van der Waals surface area contributed by atoms with Crippen molar-refractivity contribution in [3.8, 4) is 0 Å². The topological polar surface area (TPSA) is 34.1 Å². The molecule has 0 saturated carbocycles. The van der Waals surface area contributed by atoms with Crippen LogP contribution in [0.1, 0.15) is 6.42 Å². The Morgan fingerprint density at radius 1 is 1.88 bits per heavy atom. The zero-order valence-corrected chi connectivity index (χ0v) is 6.28. The Bertz CT molecular complexity index is 104. The van der Waals surface area contributed by atoms with Crippen LogP contribution in [0.3, 0.4) is 0 Å². The van der Waals surface area contributed by atoms with Crippen LogP contribution in [0.15, 0.2) is 0 Å². The minimum atomic E-state index is -0.501. The molecule has 4 heteroatoms. The summed E-state index contributed by atoms with van der Waals surface area (Å²) in [6.07, 6.45) is 0.686. The second-order valence-corrected chi connectivity index (χ2v) is 2.81. The molecule has 0 aromatic rings. The Morgan fingerprint density at radius 2 is 2.38 bits per heavy atom. The van der Waals surface area contributed by atoms with E-state index in [4.69, 9.17) is 11.6 Å². The van der Waals surface area contributed by atoms with E-state index in [0.717, 1.165) is 0 Å². The first-order chi connectivity index (χ1) is 3.66. The van der Waals surface area contributed by atoms with Gasteiger partial charge in [-0.15, -0.1) is 0 Å². The first-order valence-corrected chi connectivity index (χ1v) is 3.24. The Hall–Kier alpha value is 0.110. The van der Waals surface area contributed by atoms with Gasteiger partial charge >= 0.3 is 0 Å². The molecule has 0 radical (unpaired) electrons. The van der Waals surface area contributed by atoms with Crippen LogP contribution in [0.2, 0.25) is 0 Å². The predicted octanol–water partition coefficient (Wildman–Crippen LogP) is 1.10. The van der Waals surface area contributed by atoms with Crippen molar-refractivity contribution in [1.29, 1.82) is 0 Å². The normalized spacial score (nSPS) is 12.8. The lowest BCUT2D eigenvalue weighted by Gasteiger charge is -1.90. The summed E-state index contributed by atoms with van der Waals surface area (Å²) in [5, 5.41) is -0.501. The first-order valence-electron chi connectivity index (χ1n) is 1.94. The molecule has 2 nitrogen and oxygen atoms in total. The number of carbonyl (C=O) groups excluding carboxylic acids is 2.